The van der Waals surface area contributed by atoms with Gasteiger partial charge in [0.05, 0.1) is 13.0 Å². The van der Waals surface area contributed by atoms with Crippen LogP contribution < -0.4 is 10.2 Å². The van der Waals surface area contributed by atoms with Gasteiger partial charge in [-0.25, -0.2) is 10.2 Å². The molecule has 1 amide bonds. The Bertz CT molecular complexity index is 1110. The molecular formula is C28H42N3O11P. The lowest BCUT2D eigenvalue weighted by atomic mass is 9.96. The molecule has 4 aliphatic rings. The van der Waals surface area contributed by atoms with Crippen molar-refractivity contribution in [2.75, 3.05) is 6.61 Å². The predicted octanol–water partition coefficient (Wildman–Crippen LogP) is 1.36. The van der Waals surface area contributed by atoms with Gasteiger partial charge < -0.3 is 28.9 Å². The van der Waals surface area contributed by atoms with Gasteiger partial charge in [0.1, 0.15) is 42.1 Å². The minimum atomic E-state index is -4.32. The fraction of sp³-hybridized carbons (Fsp3) is 0.714. The van der Waals surface area contributed by atoms with E-state index < -0.39 is 80.4 Å². The molecule has 43 heavy (non-hydrogen) atoms. The van der Waals surface area contributed by atoms with E-state index in [2.05, 4.69) is 16.8 Å². The van der Waals surface area contributed by atoms with Crippen LogP contribution in [-0.2, 0) is 42.5 Å². The van der Waals surface area contributed by atoms with Crippen molar-refractivity contribution in [2.45, 2.75) is 120 Å². The number of amides is 1. The number of ether oxygens (including phenoxy) is 3. The van der Waals surface area contributed by atoms with Crippen LogP contribution in [0.25, 0.3) is 0 Å². The molecule has 0 aromatic rings. The van der Waals surface area contributed by atoms with Gasteiger partial charge in [0, 0.05) is 6.20 Å². The molecule has 6 atom stereocenters. The van der Waals surface area contributed by atoms with E-state index >= 15 is 0 Å². The first kappa shape index (κ1) is 33.4. The lowest BCUT2D eigenvalue weighted by molar-refractivity contribution is -0.153. The average molecular weight is 628 g/mol. The van der Waals surface area contributed by atoms with Crippen molar-refractivity contribution >= 4 is 31.3 Å². The Labute approximate surface area is 250 Å². The van der Waals surface area contributed by atoms with Crippen LogP contribution in [0.4, 0.5) is 0 Å². The van der Waals surface area contributed by atoms with Crippen molar-refractivity contribution in [3.8, 4) is 0 Å². The molecule has 15 heteroatoms. The third kappa shape index (κ3) is 7.99. The lowest BCUT2D eigenvalue weighted by Gasteiger charge is -2.33. The van der Waals surface area contributed by atoms with Gasteiger partial charge in [-0.1, -0.05) is 6.08 Å². The maximum absolute atomic E-state index is 14.2. The SMILES string of the molecule is C=C[C@]1(COP(=O)(N[C@@H](C)C(=O)OC2CCCC2)N[C@@H](C)C(=O)OC2CCCC2)O[C@@H](N2C=CC(=O)CC2=O)[C@H](O)[C@@H]1O. The number of nitrogens with zero attached hydrogens (tertiary/aromatic N) is 1. The van der Waals surface area contributed by atoms with Crippen molar-refractivity contribution in [1.29, 1.82) is 0 Å². The molecule has 2 heterocycles. The minimum absolute atomic E-state index is 0.239. The van der Waals surface area contributed by atoms with Crippen LogP contribution in [0.2, 0.25) is 0 Å². The van der Waals surface area contributed by atoms with E-state index in [4.69, 9.17) is 18.7 Å². The summed E-state index contributed by atoms with van der Waals surface area (Å²) in [5, 5.41) is 27.0. The molecule has 3 fully saturated rings. The van der Waals surface area contributed by atoms with Crippen LogP contribution in [0.1, 0.15) is 71.6 Å². The Kier molecular flexibility index (Phi) is 11.0. The summed E-state index contributed by atoms with van der Waals surface area (Å²) in [6.45, 7) is 5.88. The maximum Gasteiger partial charge on any atom is 0.342 e. The molecule has 14 nitrogen and oxygen atoms in total. The standard InChI is InChI=1S/C28H42N3O11P/c1-4-28(24(35)23(34)25(42-28)31-14-13-19(32)15-22(31)33)16-39-43(38,29-17(2)26(36)40-20-9-5-6-10-20)30-18(3)27(37)41-21-11-7-8-12-21/h4,13-14,17-18,20-21,23-25,34-35H,1,5-12,15-16H2,2-3H3,(H2,29,30,38)/t17-,18-,23+,24-,25+,28+/m0/s1. The summed E-state index contributed by atoms with van der Waals surface area (Å²) < 4.78 is 36.9. The van der Waals surface area contributed by atoms with Crippen LogP contribution in [0.3, 0.4) is 0 Å². The first-order chi connectivity index (χ1) is 20.4. The molecule has 0 bridgehead atoms. The van der Waals surface area contributed by atoms with E-state index in [-0.39, 0.29) is 12.2 Å². The minimum Gasteiger partial charge on any atom is -0.461 e. The van der Waals surface area contributed by atoms with Crippen LogP contribution in [-0.4, -0.2) is 93.7 Å². The highest BCUT2D eigenvalue weighted by atomic mass is 31.2. The summed E-state index contributed by atoms with van der Waals surface area (Å²) in [5.41, 5.74) is -1.88. The number of carbonyl (C=O) groups excluding carboxylic acids is 4. The molecule has 2 aliphatic heterocycles. The second-order valence-corrected chi connectivity index (χ2v) is 13.5. The molecule has 240 valence electrons. The number of aliphatic hydroxyl groups excluding tert-OH is 2. The largest absolute Gasteiger partial charge is 0.461 e. The summed E-state index contributed by atoms with van der Waals surface area (Å²) >= 11 is 0. The molecule has 1 saturated heterocycles. The van der Waals surface area contributed by atoms with E-state index in [1.807, 2.05) is 0 Å². The van der Waals surface area contributed by atoms with Gasteiger partial charge >= 0.3 is 19.6 Å². The zero-order valence-corrected chi connectivity index (χ0v) is 25.4. The average Bonchev–Trinajstić information content (AvgIpc) is 3.72. The molecule has 2 aliphatic carbocycles. The van der Waals surface area contributed by atoms with Crippen LogP contribution in [0.15, 0.2) is 24.9 Å². The molecular weight excluding hydrogens is 585 g/mol. The Morgan fingerprint density at radius 3 is 2.05 bits per heavy atom. The van der Waals surface area contributed by atoms with E-state index in [0.717, 1.165) is 74.6 Å². The van der Waals surface area contributed by atoms with Gasteiger partial charge in [0.25, 0.3) is 0 Å². The van der Waals surface area contributed by atoms with Gasteiger partial charge in [0.15, 0.2) is 12.0 Å². The molecule has 2 saturated carbocycles. The van der Waals surface area contributed by atoms with Gasteiger partial charge in [-0.2, -0.15) is 0 Å². The molecule has 0 radical (unpaired) electrons. The zero-order chi connectivity index (χ0) is 31.4. The van der Waals surface area contributed by atoms with E-state index in [0.29, 0.717) is 0 Å². The Balaban J connectivity index is 1.49. The summed E-state index contributed by atoms with van der Waals surface area (Å²) in [6.07, 6.45) is 4.47. The van der Waals surface area contributed by atoms with Crippen molar-refractivity contribution in [3.63, 3.8) is 0 Å². The number of carbonyl (C=O) groups is 4. The summed E-state index contributed by atoms with van der Waals surface area (Å²) in [7, 11) is -4.32. The summed E-state index contributed by atoms with van der Waals surface area (Å²) in [5.74, 6) is -2.39. The van der Waals surface area contributed by atoms with Crippen molar-refractivity contribution in [1.82, 2.24) is 15.1 Å². The first-order valence-corrected chi connectivity index (χ1v) is 16.4. The van der Waals surface area contributed by atoms with Crippen LogP contribution in [0, 0.1) is 0 Å². The molecule has 0 unspecified atom stereocenters. The smallest absolute Gasteiger partial charge is 0.342 e. The summed E-state index contributed by atoms with van der Waals surface area (Å²) in [6, 6.07) is -2.25. The number of aliphatic hydroxyl groups is 2. The number of hydrogen-bond acceptors (Lipinski definition) is 11. The fourth-order valence-corrected chi connectivity index (χ4v) is 7.45. The number of hydrogen-bond donors (Lipinski definition) is 4. The lowest BCUT2D eigenvalue weighted by Crippen LogP contribution is -2.48. The third-order valence-electron chi connectivity index (χ3n) is 8.19. The van der Waals surface area contributed by atoms with Crippen LogP contribution >= 0.6 is 7.67 Å². The molecule has 4 rings (SSSR count). The summed E-state index contributed by atoms with van der Waals surface area (Å²) in [4.78, 5) is 50.7. The monoisotopic (exact) mass is 627 g/mol. The first-order valence-electron chi connectivity index (χ1n) is 14.8. The van der Waals surface area contributed by atoms with Crippen molar-refractivity contribution in [2.24, 2.45) is 0 Å². The highest BCUT2D eigenvalue weighted by molar-refractivity contribution is 7.54. The Morgan fingerprint density at radius 1 is 1.07 bits per heavy atom. The number of rotatable bonds is 13. The number of allylic oxidation sites excluding steroid dienone is 1. The number of nitrogens with one attached hydrogen (secondary N) is 2. The van der Waals surface area contributed by atoms with E-state index in [1.165, 1.54) is 13.8 Å². The Morgan fingerprint density at radius 2 is 1.58 bits per heavy atom. The quantitative estimate of drug-likeness (QED) is 0.0992. The molecule has 4 N–H and O–H groups in total. The normalized spacial score (nSPS) is 30.0. The molecule has 0 aromatic heterocycles. The third-order valence-corrected chi connectivity index (χ3v) is 10.1. The molecule has 0 aromatic carbocycles. The zero-order valence-electron chi connectivity index (χ0n) is 24.5. The second-order valence-electron chi connectivity index (χ2n) is 11.6. The highest BCUT2D eigenvalue weighted by Crippen LogP contribution is 2.44. The maximum atomic E-state index is 14.2. The Hall–Kier alpha value is -2.45. The second kappa shape index (κ2) is 14.1. The number of ketones is 1. The number of esters is 2. The van der Waals surface area contributed by atoms with Gasteiger partial charge in [0.2, 0.25) is 5.91 Å². The van der Waals surface area contributed by atoms with Gasteiger partial charge in [-0.05, 0) is 71.3 Å². The van der Waals surface area contributed by atoms with E-state index in [1.54, 1.807) is 0 Å². The van der Waals surface area contributed by atoms with E-state index in [9.17, 15) is 34.0 Å². The van der Waals surface area contributed by atoms with Crippen molar-refractivity contribution < 1.29 is 52.7 Å². The highest BCUT2D eigenvalue weighted by Gasteiger charge is 2.56. The van der Waals surface area contributed by atoms with Gasteiger partial charge in [-0.15, -0.1) is 6.58 Å². The fourth-order valence-electron chi connectivity index (χ4n) is 5.61. The molecule has 0 spiro atoms. The van der Waals surface area contributed by atoms with Crippen molar-refractivity contribution in [3.05, 3.63) is 24.9 Å². The van der Waals surface area contributed by atoms with Gasteiger partial charge in [-0.3, -0.25) is 28.6 Å². The van der Waals surface area contributed by atoms with Crippen LogP contribution in [0.5, 0.6) is 0 Å². The predicted molar refractivity (Wildman–Crippen MR) is 151 cm³/mol. The topological polar surface area (TPSA) is 190 Å².